The van der Waals surface area contributed by atoms with E-state index in [-0.39, 0.29) is 50.4 Å². The van der Waals surface area contributed by atoms with E-state index in [2.05, 4.69) is 148 Å². The van der Waals surface area contributed by atoms with E-state index in [9.17, 15) is 14.4 Å². The third kappa shape index (κ3) is 44.6. The monoisotopic (exact) mass is 827 g/mol. The molecule has 0 amide bonds. The van der Waals surface area contributed by atoms with Gasteiger partial charge in [-0.05, 0) is 109 Å². The van der Waals surface area contributed by atoms with Crippen molar-refractivity contribution in [2.75, 3.05) is 13.2 Å². The zero-order chi connectivity index (χ0) is 43.7. The van der Waals surface area contributed by atoms with Gasteiger partial charge in [-0.2, -0.15) is 0 Å². The highest BCUT2D eigenvalue weighted by molar-refractivity contribution is 5.71. The minimum absolute atomic E-state index is 0.130. The summed E-state index contributed by atoms with van der Waals surface area (Å²) in [6.45, 7) is 6.13. The number of rotatable bonds is 39. The molecule has 0 aromatic rings. The molecule has 1 atom stereocenters. The van der Waals surface area contributed by atoms with Crippen LogP contribution in [0.3, 0.4) is 0 Å². The van der Waals surface area contributed by atoms with E-state index in [1.165, 1.54) is 0 Å². The van der Waals surface area contributed by atoms with Crippen molar-refractivity contribution in [1.82, 2.24) is 0 Å². The third-order valence-corrected chi connectivity index (χ3v) is 8.94. The number of esters is 3. The molecule has 0 spiro atoms. The van der Waals surface area contributed by atoms with Crippen LogP contribution in [-0.4, -0.2) is 37.2 Å². The van der Waals surface area contributed by atoms with Gasteiger partial charge in [0.05, 0.1) is 0 Å². The maximum Gasteiger partial charge on any atom is 0.306 e. The highest BCUT2D eigenvalue weighted by Gasteiger charge is 2.19. The standard InChI is InChI=1S/C54H82O6/c1-4-7-10-13-16-19-22-25-26-27-28-30-32-35-38-41-44-47-53(56)59-50-51(49-58-52(55)46-43-40-37-34-31-24-21-18-15-12-9-6-3)60-54(57)48-45-42-39-36-33-29-23-20-17-14-11-8-5-2/h7-12,14,16-21,23,25-26,28,30-31,34-35,38,51H,4-6,13,15,22,24,27,29,32-33,36-37,39-50H2,1-3H3/b10-7-,11-8-,12-9-,17-14-,19-16-,21-18-,23-20-,26-25-,30-28-,34-31-,38-35-. The van der Waals surface area contributed by atoms with Crippen molar-refractivity contribution in [1.29, 1.82) is 0 Å². The number of unbranched alkanes of at least 4 members (excludes halogenated alkanes) is 8. The van der Waals surface area contributed by atoms with Crippen molar-refractivity contribution < 1.29 is 28.6 Å². The van der Waals surface area contributed by atoms with Crippen LogP contribution in [0.25, 0.3) is 0 Å². The lowest BCUT2D eigenvalue weighted by atomic mass is 10.1. The lowest BCUT2D eigenvalue weighted by molar-refractivity contribution is -0.167. The number of carbonyl (C=O) groups excluding carboxylic acids is 3. The highest BCUT2D eigenvalue weighted by atomic mass is 16.6. The first-order valence-corrected chi connectivity index (χ1v) is 23.2. The van der Waals surface area contributed by atoms with Crippen LogP contribution in [0.1, 0.15) is 168 Å². The lowest BCUT2D eigenvalue weighted by Crippen LogP contribution is -2.30. The molecule has 60 heavy (non-hydrogen) atoms. The third-order valence-electron chi connectivity index (χ3n) is 8.94. The van der Waals surface area contributed by atoms with Crippen LogP contribution in [0.2, 0.25) is 0 Å². The second-order valence-electron chi connectivity index (χ2n) is 14.6. The Kier molecular flexibility index (Phi) is 43.7. The lowest BCUT2D eigenvalue weighted by Gasteiger charge is -2.18. The Labute approximate surface area is 366 Å². The maximum atomic E-state index is 12.7. The van der Waals surface area contributed by atoms with Crippen LogP contribution in [-0.2, 0) is 28.6 Å². The molecule has 0 rings (SSSR count). The van der Waals surface area contributed by atoms with Crippen LogP contribution >= 0.6 is 0 Å². The molecule has 6 heteroatoms. The smallest absolute Gasteiger partial charge is 0.306 e. The number of allylic oxidation sites excluding steroid dienone is 22. The maximum absolute atomic E-state index is 12.7. The molecule has 0 aromatic heterocycles. The van der Waals surface area contributed by atoms with Crippen molar-refractivity contribution in [2.45, 2.75) is 175 Å². The van der Waals surface area contributed by atoms with E-state index < -0.39 is 6.10 Å². The number of hydrogen-bond acceptors (Lipinski definition) is 6. The summed E-state index contributed by atoms with van der Waals surface area (Å²) in [5, 5.41) is 0. The van der Waals surface area contributed by atoms with Gasteiger partial charge in [0.2, 0.25) is 0 Å². The van der Waals surface area contributed by atoms with E-state index in [0.29, 0.717) is 12.8 Å². The molecule has 0 radical (unpaired) electrons. The van der Waals surface area contributed by atoms with Crippen LogP contribution in [0.15, 0.2) is 134 Å². The molecule has 0 saturated carbocycles. The average Bonchev–Trinajstić information content (AvgIpc) is 3.24. The molecule has 0 aliphatic heterocycles. The predicted molar refractivity (Wildman–Crippen MR) is 256 cm³/mol. The summed E-state index contributed by atoms with van der Waals surface area (Å²) in [7, 11) is 0. The van der Waals surface area contributed by atoms with Gasteiger partial charge in [0, 0.05) is 19.3 Å². The molecule has 0 aromatic carbocycles. The Morgan fingerprint density at radius 2 is 0.700 bits per heavy atom. The first-order valence-electron chi connectivity index (χ1n) is 23.2. The van der Waals surface area contributed by atoms with Gasteiger partial charge in [-0.25, -0.2) is 0 Å². The Hall–Kier alpha value is -4.45. The molecule has 0 aliphatic rings. The van der Waals surface area contributed by atoms with Gasteiger partial charge in [0.15, 0.2) is 6.10 Å². The predicted octanol–water partition coefficient (Wildman–Crippen LogP) is 15.1. The van der Waals surface area contributed by atoms with Crippen molar-refractivity contribution in [3.8, 4) is 0 Å². The van der Waals surface area contributed by atoms with Gasteiger partial charge >= 0.3 is 17.9 Å². The van der Waals surface area contributed by atoms with E-state index in [1.807, 2.05) is 6.08 Å². The van der Waals surface area contributed by atoms with Crippen molar-refractivity contribution in [3.05, 3.63) is 134 Å². The Balaban J connectivity index is 4.59. The minimum Gasteiger partial charge on any atom is -0.462 e. The van der Waals surface area contributed by atoms with Gasteiger partial charge in [-0.3, -0.25) is 14.4 Å². The van der Waals surface area contributed by atoms with E-state index in [1.54, 1.807) is 0 Å². The molecular weight excluding hydrogens is 745 g/mol. The number of hydrogen-bond donors (Lipinski definition) is 0. The summed E-state index contributed by atoms with van der Waals surface area (Å²) >= 11 is 0. The molecule has 0 bridgehead atoms. The van der Waals surface area contributed by atoms with Crippen LogP contribution in [0.5, 0.6) is 0 Å². The Morgan fingerprint density at radius 3 is 1.22 bits per heavy atom. The summed E-state index contributed by atoms with van der Waals surface area (Å²) < 4.78 is 16.6. The summed E-state index contributed by atoms with van der Waals surface area (Å²) in [6, 6.07) is 0. The first kappa shape index (κ1) is 55.5. The van der Waals surface area contributed by atoms with Gasteiger partial charge in [0.25, 0.3) is 0 Å². The fraction of sp³-hybridized carbons (Fsp3) is 0.537. The molecule has 0 fully saturated rings. The van der Waals surface area contributed by atoms with E-state index >= 15 is 0 Å². The summed E-state index contributed by atoms with van der Waals surface area (Å²) in [6.07, 6.45) is 65.9. The van der Waals surface area contributed by atoms with Gasteiger partial charge in [0.1, 0.15) is 13.2 Å². The molecule has 0 N–H and O–H groups in total. The fourth-order valence-electron chi connectivity index (χ4n) is 5.55. The van der Waals surface area contributed by atoms with Crippen molar-refractivity contribution >= 4 is 17.9 Å². The zero-order valence-corrected chi connectivity index (χ0v) is 37.9. The second-order valence-corrected chi connectivity index (χ2v) is 14.6. The molecular formula is C54H82O6. The molecule has 334 valence electrons. The van der Waals surface area contributed by atoms with Crippen molar-refractivity contribution in [2.24, 2.45) is 0 Å². The fourth-order valence-corrected chi connectivity index (χ4v) is 5.55. The van der Waals surface area contributed by atoms with Gasteiger partial charge in [-0.15, -0.1) is 0 Å². The van der Waals surface area contributed by atoms with Gasteiger partial charge < -0.3 is 14.2 Å². The number of ether oxygens (including phenoxy) is 3. The van der Waals surface area contributed by atoms with Crippen LogP contribution in [0.4, 0.5) is 0 Å². The number of carbonyl (C=O) groups is 3. The van der Waals surface area contributed by atoms with E-state index in [0.717, 1.165) is 116 Å². The van der Waals surface area contributed by atoms with Crippen LogP contribution < -0.4 is 0 Å². The summed E-state index contributed by atoms with van der Waals surface area (Å²) in [4.78, 5) is 37.8. The molecule has 1 unspecified atom stereocenters. The highest BCUT2D eigenvalue weighted by Crippen LogP contribution is 2.11. The minimum atomic E-state index is -0.830. The van der Waals surface area contributed by atoms with Crippen molar-refractivity contribution in [3.63, 3.8) is 0 Å². The molecule has 6 nitrogen and oxygen atoms in total. The summed E-state index contributed by atoms with van der Waals surface area (Å²) in [5.74, 6) is -1.06. The normalized spacial score (nSPS) is 13.3. The quantitative estimate of drug-likeness (QED) is 0.0202. The molecule has 0 aliphatic carbocycles. The Bertz CT molecular complexity index is 1370. The second kappa shape index (κ2) is 47.2. The average molecular weight is 827 g/mol. The zero-order valence-electron chi connectivity index (χ0n) is 37.9. The topological polar surface area (TPSA) is 78.9 Å². The summed E-state index contributed by atoms with van der Waals surface area (Å²) in [5.41, 5.74) is 0. The first-order chi connectivity index (χ1) is 29.5. The largest absolute Gasteiger partial charge is 0.462 e. The molecule has 0 heterocycles. The van der Waals surface area contributed by atoms with Crippen LogP contribution in [0, 0.1) is 0 Å². The van der Waals surface area contributed by atoms with Gasteiger partial charge in [-0.1, -0.05) is 174 Å². The Morgan fingerprint density at radius 1 is 0.350 bits per heavy atom. The SMILES string of the molecule is CC\C=C/C=C\C=C/CCCCCCCC(=O)OC(COC(=O)CCC/C=C\C/C=C\C/C=C\C/C=C\C/C=C\CC)COC(=O)CCCC/C=C\C/C=C\C/C=C\CC. The molecule has 0 saturated heterocycles. The van der Waals surface area contributed by atoms with E-state index in [4.69, 9.17) is 14.2 Å².